The summed E-state index contributed by atoms with van der Waals surface area (Å²) in [5.41, 5.74) is 6.68. The molecule has 0 aliphatic rings. The van der Waals surface area contributed by atoms with Gasteiger partial charge in [0, 0.05) is 0 Å². The van der Waals surface area contributed by atoms with Crippen molar-refractivity contribution in [3.05, 3.63) is 59.7 Å². The van der Waals surface area contributed by atoms with E-state index in [0.717, 1.165) is 35.6 Å². The SMILES string of the molecule is CCCCc1ccc(N=C(C)C(C)=Nc2ccc(CCCC)cc2)cc1. The van der Waals surface area contributed by atoms with Crippen LogP contribution in [0.4, 0.5) is 11.4 Å². The van der Waals surface area contributed by atoms with Crippen molar-refractivity contribution < 1.29 is 0 Å². The van der Waals surface area contributed by atoms with Crippen molar-refractivity contribution in [3.63, 3.8) is 0 Å². The average molecular weight is 349 g/mol. The van der Waals surface area contributed by atoms with Crippen molar-refractivity contribution in [3.8, 4) is 0 Å². The number of nitrogens with zero attached hydrogens (tertiary/aromatic N) is 2. The Hall–Kier alpha value is -2.22. The summed E-state index contributed by atoms with van der Waals surface area (Å²) in [7, 11) is 0. The summed E-state index contributed by atoms with van der Waals surface area (Å²) in [5, 5.41) is 0. The van der Waals surface area contributed by atoms with Crippen LogP contribution in [0.1, 0.15) is 64.5 Å². The summed E-state index contributed by atoms with van der Waals surface area (Å²) in [6, 6.07) is 17.1. The van der Waals surface area contributed by atoms with Crippen LogP contribution in [-0.4, -0.2) is 11.4 Å². The van der Waals surface area contributed by atoms with Crippen molar-refractivity contribution >= 4 is 22.8 Å². The van der Waals surface area contributed by atoms with E-state index in [-0.39, 0.29) is 0 Å². The molecule has 0 N–H and O–H groups in total. The summed E-state index contributed by atoms with van der Waals surface area (Å²) in [5.74, 6) is 0. The van der Waals surface area contributed by atoms with Crippen LogP contribution in [0.15, 0.2) is 58.5 Å². The highest BCUT2D eigenvalue weighted by molar-refractivity contribution is 6.41. The van der Waals surface area contributed by atoms with E-state index in [2.05, 4.69) is 62.4 Å². The lowest BCUT2D eigenvalue weighted by atomic mass is 10.1. The van der Waals surface area contributed by atoms with Gasteiger partial charge in [-0.25, -0.2) is 0 Å². The maximum Gasteiger partial charge on any atom is 0.0633 e. The molecule has 0 aliphatic carbocycles. The van der Waals surface area contributed by atoms with Crippen molar-refractivity contribution in [1.29, 1.82) is 0 Å². The number of unbranched alkanes of at least 4 members (excludes halogenated alkanes) is 2. The third-order valence-electron chi connectivity index (χ3n) is 4.63. The molecule has 0 aliphatic heterocycles. The highest BCUT2D eigenvalue weighted by atomic mass is 14.8. The van der Waals surface area contributed by atoms with Crippen molar-refractivity contribution in [2.24, 2.45) is 9.98 Å². The van der Waals surface area contributed by atoms with Crippen LogP contribution < -0.4 is 0 Å². The normalized spacial score (nSPS) is 12.5. The van der Waals surface area contributed by atoms with Crippen molar-refractivity contribution in [2.75, 3.05) is 0 Å². The Labute approximate surface area is 159 Å². The molecule has 26 heavy (non-hydrogen) atoms. The number of aliphatic imine (C=N–C) groups is 2. The van der Waals surface area contributed by atoms with E-state index < -0.39 is 0 Å². The van der Waals surface area contributed by atoms with Gasteiger partial charge < -0.3 is 0 Å². The molecule has 0 amide bonds. The van der Waals surface area contributed by atoms with Gasteiger partial charge in [0.1, 0.15) is 0 Å². The van der Waals surface area contributed by atoms with Gasteiger partial charge in [0.05, 0.1) is 22.8 Å². The monoisotopic (exact) mass is 348 g/mol. The molecule has 0 aromatic heterocycles. The molecule has 0 radical (unpaired) electrons. The molecule has 0 unspecified atom stereocenters. The Morgan fingerprint density at radius 2 is 0.962 bits per heavy atom. The second-order valence-corrected chi connectivity index (χ2v) is 6.93. The molecular formula is C24H32N2. The zero-order valence-electron chi connectivity index (χ0n) is 16.8. The fraction of sp³-hybridized carbons (Fsp3) is 0.417. The number of rotatable bonds is 9. The molecule has 2 aromatic rings. The summed E-state index contributed by atoms with van der Waals surface area (Å²) >= 11 is 0. The molecule has 2 nitrogen and oxygen atoms in total. The minimum atomic E-state index is 0.960. The Morgan fingerprint density at radius 1 is 0.615 bits per heavy atom. The molecule has 0 saturated carbocycles. The Bertz CT molecular complexity index is 656. The highest BCUT2D eigenvalue weighted by Gasteiger charge is 2.00. The topological polar surface area (TPSA) is 24.7 Å². The summed E-state index contributed by atoms with van der Waals surface area (Å²) in [4.78, 5) is 9.44. The van der Waals surface area contributed by atoms with Gasteiger partial charge in [-0.15, -0.1) is 0 Å². The lowest BCUT2D eigenvalue weighted by molar-refractivity contribution is 0.795. The maximum absolute atomic E-state index is 4.72. The molecule has 0 saturated heterocycles. The van der Waals surface area contributed by atoms with E-state index in [1.807, 2.05) is 13.8 Å². The fourth-order valence-electron chi connectivity index (χ4n) is 2.79. The second-order valence-electron chi connectivity index (χ2n) is 6.93. The minimum absolute atomic E-state index is 0.960. The summed E-state index contributed by atoms with van der Waals surface area (Å²) in [6.45, 7) is 8.50. The van der Waals surface area contributed by atoms with Crippen LogP contribution in [0.5, 0.6) is 0 Å². The van der Waals surface area contributed by atoms with Gasteiger partial charge in [0.25, 0.3) is 0 Å². The van der Waals surface area contributed by atoms with E-state index in [1.54, 1.807) is 0 Å². The Morgan fingerprint density at radius 3 is 1.27 bits per heavy atom. The lowest BCUT2D eigenvalue weighted by Gasteiger charge is -2.04. The minimum Gasteiger partial charge on any atom is -0.252 e. The van der Waals surface area contributed by atoms with Gasteiger partial charge in [0.2, 0.25) is 0 Å². The van der Waals surface area contributed by atoms with Gasteiger partial charge in [-0.2, -0.15) is 0 Å². The zero-order valence-corrected chi connectivity index (χ0v) is 16.8. The average Bonchev–Trinajstić information content (AvgIpc) is 2.67. The predicted octanol–water partition coefficient (Wildman–Crippen LogP) is 7.26. The molecule has 2 rings (SSSR count). The molecule has 138 valence electrons. The second kappa shape index (κ2) is 10.7. The molecule has 0 bridgehead atoms. The van der Waals surface area contributed by atoms with E-state index in [0.29, 0.717) is 0 Å². The Kier molecular flexibility index (Phi) is 8.27. The van der Waals surface area contributed by atoms with E-state index in [1.165, 1.54) is 36.8 Å². The molecule has 2 aromatic carbocycles. The fourth-order valence-corrected chi connectivity index (χ4v) is 2.79. The zero-order chi connectivity index (χ0) is 18.8. The smallest absolute Gasteiger partial charge is 0.0633 e. The highest BCUT2D eigenvalue weighted by Crippen LogP contribution is 2.17. The van der Waals surface area contributed by atoms with Gasteiger partial charge >= 0.3 is 0 Å². The van der Waals surface area contributed by atoms with E-state index >= 15 is 0 Å². The molecule has 0 heterocycles. The number of benzene rings is 2. The first kappa shape index (κ1) is 20.1. The third kappa shape index (κ3) is 6.59. The predicted molar refractivity (Wildman–Crippen MR) is 116 cm³/mol. The molecule has 0 fully saturated rings. The van der Waals surface area contributed by atoms with Crippen LogP contribution >= 0.6 is 0 Å². The number of hydrogen-bond acceptors (Lipinski definition) is 2. The maximum atomic E-state index is 4.72. The molecular weight excluding hydrogens is 316 g/mol. The number of aryl methyl sites for hydroxylation is 2. The first-order valence-electron chi connectivity index (χ1n) is 9.91. The molecule has 0 atom stereocenters. The number of hydrogen-bond donors (Lipinski definition) is 0. The van der Waals surface area contributed by atoms with Crippen molar-refractivity contribution in [2.45, 2.75) is 66.2 Å². The summed E-state index contributed by atoms with van der Waals surface area (Å²) in [6.07, 6.45) is 7.24. The van der Waals surface area contributed by atoms with Crippen LogP contribution in [0.3, 0.4) is 0 Å². The largest absolute Gasteiger partial charge is 0.252 e. The van der Waals surface area contributed by atoms with Crippen molar-refractivity contribution in [1.82, 2.24) is 0 Å². The first-order valence-corrected chi connectivity index (χ1v) is 9.91. The standard InChI is InChI=1S/C24H32N2/c1-5-7-9-21-11-15-23(16-12-21)25-19(3)20(4)26-24-17-13-22(14-18-24)10-8-6-2/h11-18H,5-10H2,1-4H3. The lowest BCUT2D eigenvalue weighted by Crippen LogP contribution is -2.04. The van der Waals surface area contributed by atoms with Gasteiger partial charge in [-0.05, 0) is 74.9 Å². The van der Waals surface area contributed by atoms with Crippen LogP contribution in [0.2, 0.25) is 0 Å². The molecule has 0 spiro atoms. The van der Waals surface area contributed by atoms with Crippen LogP contribution in [0.25, 0.3) is 0 Å². The van der Waals surface area contributed by atoms with Crippen LogP contribution in [0, 0.1) is 0 Å². The Balaban J connectivity index is 2.03. The van der Waals surface area contributed by atoms with Gasteiger partial charge in [0.15, 0.2) is 0 Å². The van der Waals surface area contributed by atoms with Gasteiger partial charge in [-0.1, -0.05) is 51.0 Å². The first-order chi connectivity index (χ1) is 12.6. The van der Waals surface area contributed by atoms with Crippen LogP contribution in [-0.2, 0) is 12.8 Å². The van der Waals surface area contributed by atoms with E-state index in [9.17, 15) is 0 Å². The van der Waals surface area contributed by atoms with E-state index in [4.69, 9.17) is 9.98 Å². The molecule has 2 heteroatoms. The quantitative estimate of drug-likeness (QED) is 0.426. The van der Waals surface area contributed by atoms with Gasteiger partial charge in [-0.3, -0.25) is 9.98 Å². The third-order valence-corrected chi connectivity index (χ3v) is 4.63. The summed E-state index contributed by atoms with van der Waals surface area (Å²) < 4.78 is 0.